The van der Waals surface area contributed by atoms with Gasteiger partial charge in [0.25, 0.3) is 0 Å². The maximum absolute atomic E-state index is 6.27. The SMILES string of the molecule is Cc1noc(C)c1-c1cccc(-c2nc3ccccn3c2N)c1. The van der Waals surface area contributed by atoms with Crippen LogP contribution in [0.3, 0.4) is 0 Å². The van der Waals surface area contributed by atoms with Gasteiger partial charge in [0.2, 0.25) is 0 Å². The van der Waals surface area contributed by atoms with Gasteiger partial charge in [-0.1, -0.05) is 29.4 Å². The van der Waals surface area contributed by atoms with Gasteiger partial charge in [0.1, 0.15) is 22.9 Å². The highest BCUT2D eigenvalue weighted by atomic mass is 16.5. The summed E-state index contributed by atoms with van der Waals surface area (Å²) in [5.74, 6) is 1.44. The Bertz CT molecular complexity index is 993. The number of nitrogens with zero attached hydrogens (tertiary/aromatic N) is 3. The molecule has 3 aromatic heterocycles. The predicted octanol–water partition coefficient (Wildman–Crippen LogP) is 3.86. The first-order chi connectivity index (χ1) is 11.1. The van der Waals surface area contributed by atoms with E-state index in [-0.39, 0.29) is 0 Å². The first-order valence-corrected chi connectivity index (χ1v) is 7.41. The number of nitrogens with two attached hydrogens (primary N) is 1. The van der Waals surface area contributed by atoms with Gasteiger partial charge >= 0.3 is 0 Å². The van der Waals surface area contributed by atoms with Crippen LogP contribution in [0.2, 0.25) is 0 Å². The summed E-state index contributed by atoms with van der Waals surface area (Å²) in [6, 6.07) is 14.0. The molecule has 0 saturated heterocycles. The van der Waals surface area contributed by atoms with E-state index in [2.05, 4.69) is 16.2 Å². The van der Waals surface area contributed by atoms with E-state index < -0.39 is 0 Å². The van der Waals surface area contributed by atoms with E-state index in [0.29, 0.717) is 5.82 Å². The second-order valence-corrected chi connectivity index (χ2v) is 5.55. The molecule has 0 unspecified atom stereocenters. The van der Waals surface area contributed by atoms with Crippen LogP contribution in [0.15, 0.2) is 53.2 Å². The van der Waals surface area contributed by atoms with Gasteiger partial charge in [-0.25, -0.2) is 4.98 Å². The number of fused-ring (bicyclic) bond motifs is 1. The summed E-state index contributed by atoms with van der Waals surface area (Å²) in [7, 11) is 0. The Morgan fingerprint density at radius 3 is 2.61 bits per heavy atom. The lowest BCUT2D eigenvalue weighted by Gasteiger charge is -2.04. The molecule has 4 aromatic rings. The lowest BCUT2D eigenvalue weighted by atomic mass is 10.0. The predicted molar refractivity (Wildman–Crippen MR) is 90.0 cm³/mol. The van der Waals surface area contributed by atoms with Gasteiger partial charge in [0, 0.05) is 17.3 Å². The van der Waals surface area contributed by atoms with Gasteiger partial charge in [-0.15, -0.1) is 0 Å². The summed E-state index contributed by atoms with van der Waals surface area (Å²) in [5.41, 5.74) is 11.8. The van der Waals surface area contributed by atoms with E-state index in [1.54, 1.807) is 0 Å². The molecule has 0 aliphatic carbocycles. The van der Waals surface area contributed by atoms with Crippen molar-refractivity contribution in [2.45, 2.75) is 13.8 Å². The van der Waals surface area contributed by atoms with Crippen molar-refractivity contribution in [3.8, 4) is 22.4 Å². The minimum absolute atomic E-state index is 0.636. The molecule has 114 valence electrons. The van der Waals surface area contributed by atoms with Crippen LogP contribution in [0.4, 0.5) is 5.82 Å². The molecule has 0 spiro atoms. The van der Waals surface area contributed by atoms with Crippen molar-refractivity contribution in [3.63, 3.8) is 0 Å². The number of imidazole rings is 1. The monoisotopic (exact) mass is 304 g/mol. The number of aromatic nitrogens is 3. The molecule has 5 heteroatoms. The van der Waals surface area contributed by atoms with Gasteiger partial charge in [0.15, 0.2) is 0 Å². The van der Waals surface area contributed by atoms with Crippen LogP contribution in [0.1, 0.15) is 11.5 Å². The van der Waals surface area contributed by atoms with Gasteiger partial charge in [0.05, 0.1) is 5.69 Å². The Kier molecular flexibility index (Phi) is 2.94. The van der Waals surface area contributed by atoms with Crippen LogP contribution in [0.25, 0.3) is 28.0 Å². The summed E-state index contributed by atoms with van der Waals surface area (Å²) in [6.45, 7) is 3.86. The summed E-state index contributed by atoms with van der Waals surface area (Å²) < 4.78 is 7.16. The molecule has 1 aromatic carbocycles. The van der Waals surface area contributed by atoms with E-state index in [9.17, 15) is 0 Å². The standard InChI is InChI=1S/C18H16N4O/c1-11-16(12(2)23-21-11)13-6-5-7-14(10-13)17-18(19)22-9-4-3-8-15(22)20-17/h3-10H,19H2,1-2H3. The Balaban J connectivity index is 1.90. The van der Waals surface area contributed by atoms with Gasteiger partial charge < -0.3 is 10.3 Å². The number of nitrogen functional groups attached to an aromatic ring is 1. The first kappa shape index (κ1) is 13.6. The molecule has 3 heterocycles. The molecule has 4 rings (SSSR count). The van der Waals surface area contributed by atoms with Crippen molar-refractivity contribution in [2.24, 2.45) is 0 Å². The molecular weight excluding hydrogens is 288 g/mol. The van der Waals surface area contributed by atoms with E-state index in [4.69, 9.17) is 10.3 Å². The summed E-state index contributed by atoms with van der Waals surface area (Å²) in [5, 5.41) is 4.03. The highest BCUT2D eigenvalue weighted by Gasteiger charge is 2.15. The fourth-order valence-corrected chi connectivity index (χ4v) is 2.94. The smallest absolute Gasteiger partial charge is 0.141 e. The van der Waals surface area contributed by atoms with Crippen LogP contribution in [-0.4, -0.2) is 14.5 Å². The number of anilines is 1. The average Bonchev–Trinajstić information content (AvgIpc) is 3.08. The molecule has 0 atom stereocenters. The topological polar surface area (TPSA) is 69.3 Å². The fraction of sp³-hybridized carbons (Fsp3) is 0.111. The zero-order chi connectivity index (χ0) is 16.0. The second kappa shape index (κ2) is 4.98. The van der Waals surface area contributed by atoms with Crippen LogP contribution in [0, 0.1) is 13.8 Å². The molecule has 23 heavy (non-hydrogen) atoms. The van der Waals surface area contributed by atoms with Crippen molar-refractivity contribution in [1.29, 1.82) is 0 Å². The van der Waals surface area contributed by atoms with Crippen LogP contribution >= 0.6 is 0 Å². The maximum atomic E-state index is 6.27. The average molecular weight is 304 g/mol. The highest BCUT2D eigenvalue weighted by molar-refractivity contribution is 5.79. The molecule has 0 aliphatic rings. The summed E-state index contributed by atoms with van der Waals surface area (Å²) in [6.07, 6.45) is 1.92. The molecule has 0 bridgehead atoms. The van der Waals surface area contributed by atoms with Crippen LogP contribution < -0.4 is 5.73 Å². The molecular formula is C18H16N4O. The summed E-state index contributed by atoms with van der Waals surface area (Å²) >= 11 is 0. The zero-order valence-electron chi connectivity index (χ0n) is 12.9. The van der Waals surface area contributed by atoms with Crippen LogP contribution in [0.5, 0.6) is 0 Å². The lowest BCUT2D eigenvalue weighted by Crippen LogP contribution is -1.93. The molecule has 2 N–H and O–H groups in total. The molecule has 5 nitrogen and oxygen atoms in total. The molecule has 0 amide bonds. The first-order valence-electron chi connectivity index (χ1n) is 7.41. The van der Waals surface area contributed by atoms with Crippen molar-refractivity contribution in [1.82, 2.24) is 14.5 Å². The fourth-order valence-electron chi connectivity index (χ4n) is 2.94. The Morgan fingerprint density at radius 1 is 1.04 bits per heavy atom. The van der Waals surface area contributed by atoms with E-state index in [1.165, 1.54) is 0 Å². The van der Waals surface area contributed by atoms with Crippen molar-refractivity contribution in [3.05, 3.63) is 60.1 Å². The van der Waals surface area contributed by atoms with Gasteiger partial charge in [-0.2, -0.15) is 0 Å². The van der Waals surface area contributed by atoms with E-state index in [0.717, 1.165) is 39.5 Å². The van der Waals surface area contributed by atoms with E-state index in [1.807, 2.05) is 60.8 Å². The van der Waals surface area contributed by atoms with E-state index >= 15 is 0 Å². The number of rotatable bonds is 2. The second-order valence-electron chi connectivity index (χ2n) is 5.55. The van der Waals surface area contributed by atoms with Crippen molar-refractivity contribution in [2.75, 3.05) is 5.73 Å². The minimum Gasteiger partial charge on any atom is -0.383 e. The van der Waals surface area contributed by atoms with Crippen LogP contribution in [-0.2, 0) is 0 Å². The largest absolute Gasteiger partial charge is 0.383 e. The third-order valence-corrected chi connectivity index (χ3v) is 4.02. The number of hydrogen-bond acceptors (Lipinski definition) is 4. The van der Waals surface area contributed by atoms with Gasteiger partial charge in [-0.05, 0) is 37.6 Å². The summed E-state index contributed by atoms with van der Waals surface area (Å²) in [4.78, 5) is 4.65. The lowest BCUT2D eigenvalue weighted by molar-refractivity contribution is 0.393. The Morgan fingerprint density at radius 2 is 1.87 bits per heavy atom. The molecule has 0 fully saturated rings. The number of hydrogen-bond donors (Lipinski definition) is 1. The van der Waals surface area contributed by atoms with Crippen molar-refractivity contribution < 1.29 is 4.52 Å². The minimum atomic E-state index is 0.636. The van der Waals surface area contributed by atoms with Gasteiger partial charge in [-0.3, -0.25) is 4.40 Å². The number of aryl methyl sites for hydroxylation is 2. The van der Waals surface area contributed by atoms with Crippen molar-refractivity contribution >= 4 is 11.5 Å². The molecule has 0 aliphatic heterocycles. The molecule has 0 saturated carbocycles. The third-order valence-electron chi connectivity index (χ3n) is 4.02. The Labute approximate surface area is 133 Å². The third kappa shape index (κ3) is 2.09. The highest BCUT2D eigenvalue weighted by Crippen LogP contribution is 2.32. The number of benzene rings is 1. The normalized spacial score (nSPS) is 11.2. The Hall–Kier alpha value is -3.08. The zero-order valence-corrected chi connectivity index (χ0v) is 12.9. The molecule has 0 radical (unpaired) electrons. The maximum Gasteiger partial charge on any atom is 0.141 e. The quantitative estimate of drug-likeness (QED) is 0.610. The number of pyridine rings is 1.